The van der Waals surface area contributed by atoms with Crippen molar-refractivity contribution in [1.29, 1.82) is 0 Å². The Bertz CT molecular complexity index is 8480. The molecular formula is C140H110N6. The third kappa shape index (κ3) is 13.7. The minimum atomic E-state index is -0.444. The maximum atomic E-state index is 2.47. The SMILES string of the molecule is CN(c1ccc2c(c1)C(C)(C)c1cc(N(c3ccccc3)c3ccccc3)ccc1-2)c1ccc2c(c1)C1(c3ccccc3-c3ccccc31)c1ccccc1-2.CN(c1ccc2c(c1)C(C)(C)c1ccccc1-2)c1ccc2c(c1)C(C)(C)c1cc(N(c3ccccc3)c3ccccc3)ccc1-2.CN(c1ccccc1)c1ccc2c(c1)C1(c3ccccc3-c3ccccc31)c1cc(N(c3ccccc3)c3ccccc3)ccc1-2. The highest BCUT2D eigenvalue weighted by atomic mass is 15.2. The van der Waals surface area contributed by atoms with Crippen LogP contribution in [0.2, 0.25) is 0 Å². The van der Waals surface area contributed by atoms with Crippen molar-refractivity contribution >= 4 is 85.3 Å². The first kappa shape index (κ1) is 88.6. The predicted octanol–water partition coefficient (Wildman–Crippen LogP) is 36.4. The van der Waals surface area contributed by atoms with Gasteiger partial charge in [-0.3, -0.25) is 0 Å². The van der Waals surface area contributed by atoms with E-state index in [-0.39, 0.29) is 21.7 Å². The summed E-state index contributed by atoms with van der Waals surface area (Å²) in [5.41, 5.74) is 54.0. The Morgan fingerprint density at radius 1 is 0.116 bits per heavy atom. The summed E-state index contributed by atoms with van der Waals surface area (Å²) < 4.78 is 0. The molecule has 0 amide bonds. The lowest BCUT2D eigenvalue weighted by atomic mass is 9.70. The van der Waals surface area contributed by atoms with Crippen LogP contribution in [0.3, 0.4) is 0 Å². The van der Waals surface area contributed by atoms with E-state index in [9.17, 15) is 0 Å². The van der Waals surface area contributed by atoms with Gasteiger partial charge in [-0.25, -0.2) is 0 Å². The lowest BCUT2D eigenvalue weighted by Crippen LogP contribution is -2.26. The van der Waals surface area contributed by atoms with E-state index in [2.05, 4.69) is 596 Å². The van der Waals surface area contributed by atoms with Gasteiger partial charge in [-0.2, -0.15) is 0 Å². The summed E-state index contributed by atoms with van der Waals surface area (Å²) >= 11 is 0. The Hall–Kier alpha value is -17.6. The zero-order valence-electron chi connectivity index (χ0n) is 83.6. The monoisotopic (exact) mass is 1870 g/mol. The number of fused-ring (bicyclic) bond motifs is 29. The lowest BCUT2D eigenvalue weighted by molar-refractivity contribution is 0.660. The van der Waals surface area contributed by atoms with E-state index >= 15 is 0 Å². The topological polar surface area (TPSA) is 19.4 Å². The largest absolute Gasteiger partial charge is 0.345 e. The van der Waals surface area contributed by atoms with Gasteiger partial charge >= 0.3 is 0 Å². The van der Waals surface area contributed by atoms with E-state index < -0.39 is 5.41 Å². The highest BCUT2D eigenvalue weighted by Crippen LogP contribution is 2.67. The summed E-state index contributed by atoms with van der Waals surface area (Å²) in [4.78, 5) is 14.1. The maximum absolute atomic E-state index is 2.47. The van der Waals surface area contributed by atoms with Gasteiger partial charge in [0, 0.05) is 123 Å². The molecule has 0 unspecified atom stereocenters. The van der Waals surface area contributed by atoms with Gasteiger partial charge in [-0.05, 0) is 338 Å². The van der Waals surface area contributed by atoms with Gasteiger partial charge in [-0.1, -0.05) is 363 Å². The fourth-order valence-electron chi connectivity index (χ4n) is 25.7. The van der Waals surface area contributed by atoms with Crippen LogP contribution < -0.4 is 29.4 Å². The average molecular weight is 1880 g/mol. The minimum Gasteiger partial charge on any atom is -0.345 e. The molecule has 0 atom stereocenters. The first-order chi connectivity index (χ1) is 71.5. The standard InChI is InChI=1S/C53H40N2.C44H32N2.C43H38N2/c1-52(2)49-32-37(26-29-43(49)44-31-28-39(34-50(44)52)55(35-16-6-4-7-17-35)36-18-8-5-9-19-36)54(3)38-27-30-45-42-22-12-15-25-48(42)53(51(45)33-38)46-23-13-10-20-40(46)41-21-11-14-24-47(41)53;1-45(31-15-5-2-6-16-31)34-25-27-38-39-28-26-35(46(32-17-7-3-8-18-32)33-19-9-4-10-20-33)30-43(39)44(42(38)29-34)40-23-13-11-21-36(40)37-22-12-14-24-41(37)44;1-42(2)38-19-13-12-18-34(38)35-23-20-31(26-39(35)42)44(5)32-21-24-36-37-25-22-33(28-41(37)43(3,4)40(36)27-32)45(29-14-8-6-9-15-29)30-16-10-7-11-17-30/h4-34H,1-3H3;2-30H,1H3;6-28H,1-5H3. The Labute approximate surface area is 857 Å². The molecule has 146 heavy (non-hydrogen) atoms. The van der Waals surface area contributed by atoms with E-state index in [1.165, 1.54) is 196 Å². The maximum Gasteiger partial charge on any atom is 0.0727 e. The molecule has 7 aliphatic carbocycles. The Morgan fingerprint density at radius 3 is 0.500 bits per heavy atom. The summed E-state index contributed by atoms with van der Waals surface area (Å²) in [6, 6.07) is 185. The van der Waals surface area contributed by atoms with E-state index in [1.54, 1.807) is 0 Å². The van der Waals surface area contributed by atoms with E-state index in [4.69, 9.17) is 0 Å². The minimum absolute atomic E-state index is 0.0184. The van der Waals surface area contributed by atoms with Crippen LogP contribution in [0, 0.1) is 0 Å². The number of benzene rings is 21. The van der Waals surface area contributed by atoms with Gasteiger partial charge in [0.1, 0.15) is 0 Å². The fourth-order valence-corrected chi connectivity index (χ4v) is 25.7. The molecule has 28 rings (SSSR count). The van der Waals surface area contributed by atoms with Crippen LogP contribution in [-0.2, 0) is 27.1 Å². The van der Waals surface area contributed by atoms with Crippen LogP contribution in [0.15, 0.2) is 504 Å². The molecule has 0 heterocycles. The zero-order chi connectivity index (χ0) is 98.5. The van der Waals surface area contributed by atoms with Crippen LogP contribution >= 0.6 is 0 Å². The molecule has 0 fully saturated rings. The Morgan fingerprint density at radius 2 is 0.260 bits per heavy atom. The molecule has 21 aromatic rings. The van der Waals surface area contributed by atoms with Crippen LogP contribution in [-0.4, -0.2) is 21.1 Å². The summed E-state index contributed by atoms with van der Waals surface area (Å²) in [7, 11) is 6.58. The smallest absolute Gasteiger partial charge is 0.0727 e. The molecule has 0 saturated carbocycles. The summed E-state index contributed by atoms with van der Waals surface area (Å²) in [6.45, 7) is 14.2. The molecule has 0 aromatic heterocycles. The third-order valence-corrected chi connectivity index (χ3v) is 32.8. The zero-order valence-corrected chi connectivity index (χ0v) is 83.6. The molecule has 0 N–H and O–H groups in total. The van der Waals surface area contributed by atoms with Crippen molar-refractivity contribution in [2.24, 2.45) is 0 Å². The molecule has 0 saturated heterocycles. The lowest BCUT2D eigenvalue weighted by Gasteiger charge is -2.32. The summed E-state index contributed by atoms with van der Waals surface area (Å²) in [6.07, 6.45) is 0. The van der Waals surface area contributed by atoms with Crippen LogP contribution in [0.4, 0.5) is 85.3 Å². The van der Waals surface area contributed by atoms with E-state index in [0.29, 0.717) is 0 Å². The molecule has 0 bridgehead atoms. The normalized spacial score (nSPS) is 14.1. The number of anilines is 15. The molecule has 7 aliphatic rings. The first-order valence-corrected chi connectivity index (χ1v) is 51.2. The fraction of sp³-hybridized carbons (Fsp3) is 0.100. The summed E-state index contributed by atoms with van der Waals surface area (Å²) in [5, 5.41) is 0. The molecule has 0 aliphatic heterocycles. The first-order valence-electron chi connectivity index (χ1n) is 51.2. The number of nitrogens with zero attached hydrogens (tertiary/aromatic N) is 6. The predicted molar refractivity (Wildman–Crippen MR) is 612 cm³/mol. The van der Waals surface area contributed by atoms with Gasteiger partial charge < -0.3 is 29.4 Å². The second-order valence-corrected chi connectivity index (χ2v) is 41.5. The molecule has 2 spiro atoms. The molecule has 700 valence electrons. The number of para-hydroxylation sites is 7. The number of rotatable bonds is 15. The van der Waals surface area contributed by atoms with Crippen LogP contribution in [0.5, 0.6) is 0 Å². The van der Waals surface area contributed by atoms with Crippen LogP contribution in [0.25, 0.3) is 77.9 Å². The number of hydrogen-bond donors (Lipinski definition) is 0. The van der Waals surface area contributed by atoms with Gasteiger partial charge in [0.25, 0.3) is 0 Å². The van der Waals surface area contributed by atoms with Crippen molar-refractivity contribution in [2.75, 3.05) is 50.5 Å². The second kappa shape index (κ2) is 34.7. The van der Waals surface area contributed by atoms with Gasteiger partial charge in [0.05, 0.1) is 10.8 Å². The van der Waals surface area contributed by atoms with E-state index in [1.807, 2.05) is 0 Å². The number of hydrogen-bond acceptors (Lipinski definition) is 6. The Kier molecular flexibility index (Phi) is 21.0. The van der Waals surface area contributed by atoms with Crippen molar-refractivity contribution in [3.63, 3.8) is 0 Å². The highest BCUT2D eigenvalue weighted by molar-refractivity contribution is 6.01. The summed E-state index contributed by atoms with van der Waals surface area (Å²) in [5.74, 6) is 0. The van der Waals surface area contributed by atoms with Crippen LogP contribution in [0.1, 0.15) is 119 Å². The molecule has 0 radical (unpaired) electrons. The molecule has 21 aromatic carbocycles. The van der Waals surface area contributed by atoms with E-state index in [0.717, 1.165) is 45.5 Å². The van der Waals surface area contributed by atoms with Crippen molar-refractivity contribution in [3.05, 3.63) is 581 Å². The molecule has 6 heteroatoms. The van der Waals surface area contributed by atoms with Gasteiger partial charge in [0.2, 0.25) is 0 Å². The van der Waals surface area contributed by atoms with Gasteiger partial charge in [-0.15, -0.1) is 0 Å². The van der Waals surface area contributed by atoms with Crippen molar-refractivity contribution in [3.8, 4) is 77.9 Å². The molecule has 6 nitrogen and oxygen atoms in total. The van der Waals surface area contributed by atoms with Gasteiger partial charge in [0.15, 0.2) is 0 Å². The second-order valence-electron chi connectivity index (χ2n) is 41.5. The molecular weight excluding hydrogens is 1770 g/mol. The Balaban J connectivity index is 0.000000112. The van der Waals surface area contributed by atoms with Crippen molar-refractivity contribution < 1.29 is 0 Å². The van der Waals surface area contributed by atoms with Crippen molar-refractivity contribution in [2.45, 2.75) is 68.6 Å². The third-order valence-electron chi connectivity index (χ3n) is 32.8. The highest BCUT2D eigenvalue weighted by Gasteiger charge is 2.54. The average Bonchev–Trinajstić information content (AvgIpc) is 1.51. The quantitative estimate of drug-likeness (QED) is 0.101. The van der Waals surface area contributed by atoms with Crippen molar-refractivity contribution in [1.82, 2.24) is 0 Å².